The number of allylic oxidation sites excluding steroid dienone is 2. The minimum atomic E-state index is -0.725. The summed E-state index contributed by atoms with van der Waals surface area (Å²) in [6.45, 7) is 0. The highest BCUT2D eigenvalue weighted by Gasteiger charge is 2.11. The number of hydrogen-bond donors (Lipinski definition) is 1. The minimum absolute atomic E-state index is 0.00168. The number of benzene rings is 2. The molecule has 0 aromatic heterocycles. The van der Waals surface area contributed by atoms with E-state index < -0.39 is 11.7 Å². The van der Waals surface area contributed by atoms with E-state index in [1.165, 1.54) is 24.3 Å². The van der Waals surface area contributed by atoms with Crippen LogP contribution < -0.4 is 5.32 Å². The van der Waals surface area contributed by atoms with E-state index in [2.05, 4.69) is 5.32 Å². The molecule has 3 nitrogen and oxygen atoms in total. The number of nitrogens with zero attached hydrogens (tertiary/aromatic N) is 1. The molecule has 0 aliphatic rings. The van der Waals surface area contributed by atoms with Crippen molar-refractivity contribution in [1.29, 1.82) is 5.26 Å². The van der Waals surface area contributed by atoms with Crippen LogP contribution >= 0.6 is 11.6 Å². The van der Waals surface area contributed by atoms with Crippen molar-refractivity contribution in [2.45, 2.75) is 0 Å². The predicted octanol–water partition coefficient (Wildman–Crippen LogP) is 4.49. The van der Waals surface area contributed by atoms with Crippen molar-refractivity contribution in [3.8, 4) is 6.07 Å². The van der Waals surface area contributed by atoms with Crippen LogP contribution in [0.15, 0.2) is 71.3 Å². The standard InChI is InChI=1S/C18H12ClFN2O/c19-15(10-13-6-2-1-3-7-13)11-14(12-21)18(23)22-17-9-5-4-8-16(17)20/h1-11H,(H,22,23)/b14-11+,15-10-. The second-order valence-corrected chi connectivity index (χ2v) is 4.98. The average molecular weight is 327 g/mol. The van der Waals surface area contributed by atoms with Gasteiger partial charge in [-0.15, -0.1) is 0 Å². The van der Waals surface area contributed by atoms with Crippen LogP contribution in [0.3, 0.4) is 0 Å². The zero-order valence-electron chi connectivity index (χ0n) is 12.0. The third-order valence-corrected chi connectivity index (χ3v) is 3.09. The first kappa shape index (κ1) is 16.5. The van der Waals surface area contributed by atoms with Gasteiger partial charge in [-0.25, -0.2) is 4.39 Å². The fourth-order valence-corrected chi connectivity index (χ4v) is 2.02. The Kier molecular flexibility index (Phi) is 5.67. The molecule has 0 radical (unpaired) electrons. The average Bonchev–Trinajstić information content (AvgIpc) is 2.55. The number of nitriles is 1. The SMILES string of the molecule is N#C/C(=C\C(Cl)=C\c1ccccc1)C(=O)Nc1ccccc1F. The summed E-state index contributed by atoms with van der Waals surface area (Å²) < 4.78 is 13.5. The van der Waals surface area contributed by atoms with Gasteiger partial charge in [0.2, 0.25) is 0 Å². The number of anilines is 1. The lowest BCUT2D eigenvalue weighted by molar-refractivity contribution is -0.112. The summed E-state index contributed by atoms with van der Waals surface area (Å²) >= 11 is 6.05. The zero-order valence-corrected chi connectivity index (χ0v) is 12.7. The van der Waals surface area contributed by atoms with Gasteiger partial charge in [0.15, 0.2) is 0 Å². The zero-order chi connectivity index (χ0) is 16.7. The first-order valence-corrected chi connectivity index (χ1v) is 7.08. The van der Waals surface area contributed by atoms with Gasteiger partial charge in [0.25, 0.3) is 5.91 Å². The normalized spacial score (nSPS) is 11.7. The monoisotopic (exact) mass is 326 g/mol. The Bertz CT molecular complexity index is 807. The molecule has 5 heteroatoms. The van der Waals surface area contributed by atoms with Crippen molar-refractivity contribution in [2.24, 2.45) is 0 Å². The Morgan fingerprint density at radius 3 is 2.43 bits per heavy atom. The molecule has 2 aromatic rings. The lowest BCUT2D eigenvalue weighted by Crippen LogP contribution is -2.14. The fourth-order valence-electron chi connectivity index (χ4n) is 1.79. The Morgan fingerprint density at radius 2 is 1.78 bits per heavy atom. The Labute approximate surface area is 138 Å². The number of carbonyl (C=O) groups excluding carboxylic acids is 1. The third kappa shape index (κ3) is 4.80. The van der Waals surface area contributed by atoms with Crippen LogP contribution in [0.5, 0.6) is 0 Å². The maximum atomic E-state index is 13.5. The molecule has 1 N–H and O–H groups in total. The first-order valence-electron chi connectivity index (χ1n) is 6.70. The van der Waals surface area contributed by atoms with E-state index in [0.717, 1.165) is 5.56 Å². The van der Waals surface area contributed by atoms with E-state index in [1.54, 1.807) is 18.2 Å². The van der Waals surface area contributed by atoms with Crippen molar-refractivity contribution in [2.75, 3.05) is 5.32 Å². The molecule has 2 aromatic carbocycles. The molecule has 0 spiro atoms. The number of amides is 1. The van der Waals surface area contributed by atoms with Gasteiger partial charge < -0.3 is 5.32 Å². The van der Waals surface area contributed by atoms with Gasteiger partial charge in [0.1, 0.15) is 17.5 Å². The van der Waals surface area contributed by atoms with Crippen LogP contribution in [0.2, 0.25) is 0 Å². The van der Waals surface area contributed by atoms with E-state index in [4.69, 9.17) is 16.9 Å². The van der Waals surface area contributed by atoms with Crippen molar-refractivity contribution in [3.05, 3.63) is 82.7 Å². The molecule has 0 aliphatic heterocycles. The molecule has 0 bridgehead atoms. The second kappa shape index (κ2) is 7.92. The van der Waals surface area contributed by atoms with Gasteiger partial charge >= 0.3 is 0 Å². The van der Waals surface area contributed by atoms with Crippen LogP contribution in [0.25, 0.3) is 6.08 Å². The topological polar surface area (TPSA) is 52.9 Å². The van der Waals surface area contributed by atoms with Gasteiger partial charge in [-0.3, -0.25) is 4.79 Å². The molecule has 0 unspecified atom stereocenters. The van der Waals surface area contributed by atoms with Crippen LogP contribution in [-0.4, -0.2) is 5.91 Å². The van der Waals surface area contributed by atoms with Gasteiger partial charge in [-0.2, -0.15) is 5.26 Å². The maximum absolute atomic E-state index is 13.5. The van der Waals surface area contributed by atoms with Crippen LogP contribution in [-0.2, 0) is 4.79 Å². The molecule has 0 saturated carbocycles. The van der Waals surface area contributed by atoms with Gasteiger partial charge in [0, 0.05) is 5.03 Å². The molecule has 2 rings (SSSR count). The van der Waals surface area contributed by atoms with E-state index in [0.29, 0.717) is 0 Å². The molecule has 0 atom stereocenters. The summed E-state index contributed by atoms with van der Waals surface area (Å²) in [5.41, 5.74) is 0.618. The Balaban J connectivity index is 2.19. The number of para-hydroxylation sites is 1. The number of hydrogen-bond acceptors (Lipinski definition) is 2. The highest BCUT2D eigenvalue weighted by atomic mass is 35.5. The molecule has 23 heavy (non-hydrogen) atoms. The lowest BCUT2D eigenvalue weighted by Gasteiger charge is -2.05. The molecule has 0 heterocycles. The van der Waals surface area contributed by atoms with E-state index in [1.807, 2.05) is 30.3 Å². The number of nitrogens with one attached hydrogen (secondary N) is 1. The van der Waals surface area contributed by atoms with Gasteiger partial charge in [-0.05, 0) is 29.8 Å². The Morgan fingerprint density at radius 1 is 1.13 bits per heavy atom. The van der Waals surface area contributed by atoms with E-state index in [9.17, 15) is 9.18 Å². The van der Waals surface area contributed by atoms with Crippen LogP contribution in [0.1, 0.15) is 5.56 Å². The first-order chi connectivity index (χ1) is 11.1. The van der Waals surface area contributed by atoms with Crippen molar-refractivity contribution >= 4 is 29.3 Å². The van der Waals surface area contributed by atoms with Crippen LogP contribution in [0.4, 0.5) is 10.1 Å². The second-order valence-electron chi connectivity index (χ2n) is 4.54. The summed E-state index contributed by atoms with van der Waals surface area (Å²) in [7, 11) is 0. The fraction of sp³-hybridized carbons (Fsp3) is 0. The smallest absolute Gasteiger partial charge is 0.266 e. The lowest BCUT2D eigenvalue weighted by atomic mass is 10.2. The summed E-state index contributed by atoms with van der Waals surface area (Å²) in [4.78, 5) is 12.0. The minimum Gasteiger partial charge on any atom is -0.319 e. The van der Waals surface area contributed by atoms with Crippen LogP contribution in [0, 0.1) is 17.1 Å². The molecule has 114 valence electrons. The van der Waals surface area contributed by atoms with Gasteiger partial charge in [-0.1, -0.05) is 54.1 Å². The third-order valence-electron chi connectivity index (χ3n) is 2.87. The molecule has 0 aliphatic carbocycles. The summed E-state index contributed by atoms with van der Waals surface area (Å²) in [6, 6.07) is 16.7. The van der Waals surface area contributed by atoms with Crippen molar-refractivity contribution in [1.82, 2.24) is 0 Å². The predicted molar refractivity (Wildman–Crippen MR) is 89.0 cm³/mol. The molecule has 1 amide bonds. The van der Waals surface area contributed by atoms with Crippen molar-refractivity contribution < 1.29 is 9.18 Å². The highest BCUT2D eigenvalue weighted by molar-refractivity contribution is 6.33. The molecule has 0 saturated heterocycles. The molecular formula is C18H12ClFN2O. The number of rotatable bonds is 4. The molecule has 0 fully saturated rings. The Hall–Kier alpha value is -2.90. The van der Waals surface area contributed by atoms with Gasteiger partial charge in [0.05, 0.1) is 5.69 Å². The number of halogens is 2. The highest BCUT2D eigenvalue weighted by Crippen LogP contribution is 2.16. The summed E-state index contributed by atoms with van der Waals surface area (Å²) in [5.74, 6) is -1.30. The summed E-state index contributed by atoms with van der Waals surface area (Å²) in [5, 5.41) is 11.7. The maximum Gasteiger partial charge on any atom is 0.266 e. The van der Waals surface area contributed by atoms with E-state index >= 15 is 0 Å². The number of carbonyl (C=O) groups is 1. The van der Waals surface area contributed by atoms with E-state index in [-0.39, 0.29) is 16.3 Å². The molecular weight excluding hydrogens is 315 g/mol. The van der Waals surface area contributed by atoms with Crippen molar-refractivity contribution in [3.63, 3.8) is 0 Å². The largest absolute Gasteiger partial charge is 0.319 e. The quantitative estimate of drug-likeness (QED) is 0.511. The summed E-state index contributed by atoms with van der Waals surface area (Å²) in [6.07, 6.45) is 2.86.